The molecule has 1 aliphatic carbocycles. The Morgan fingerprint density at radius 3 is 2.50 bits per heavy atom. The number of rotatable bonds is 5. The van der Waals surface area contributed by atoms with Gasteiger partial charge in [0.05, 0.1) is 6.61 Å². The van der Waals surface area contributed by atoms with Crippen LogP contribution in [-0.2, 0) is 23.7 Å². The van der Waals surface area contributed by atoms with E-state index in [-0.39, 0.29) is 11.8 Å². The minimum atomic E-state index is -1.53. The van der Waals surface area contributed by atoms with E-state index in [0.717, 1.165) is 24.7 Å². The van der Waals surface area contributed by atoms with Crippen molar-refractivity contribution in [2.24, 2.45) is 11.8 Å². The number of methoxy groups -OCH3 is 1. The highest BCUT2D eigenvalue weighted by Gasteiger charge is 2.49. The van der Waals surface area contributed by atoms with Gasteiger partial charge >= 0.3 is 0 Å². The Morgan fingerprint density at radius 2 is 1.88 bits per heavy atom. The van der Waals surface area contributed by atoms with Crippen molar-refractivity contribution in [1.29, 1.82) is 0 Å². The monoisotopic (exact) mass is 374 g/mol. The van der Waals surface area contributed by atoms with Crippen molar-refractivity contribution in [2.75, 3.05) is 13.7 Å². The molecule has 0 spiro atoms. The lowest BCUT2D eigenvalue weighted by Crippen LogP contribution is -2.60. The van der Waals surface area contributed by atoms with Gasteiger partial charge in [-0.3, -0.25) is 4.79 Å². The van der Waals surface area contributed by atoms with Crippen LogP contribution >= 0.6 is 0 Å². The van der Waals surface area contributed by atoms with Crippen LogP contribution in [0.1, 0.15) is 19.8 Å². The molecular formula is C17H26O9. The summed E-state index contributed by atoms with van der Waals surface area (Å²) in [4.78, 5) is 11.5. The summed E-state index contributed by atoms with van der Waals surface area (Å²) in [6.07, 6.45) is -6.33. The van der Waals surface area contributed by atoms with Gasteiger partial charge in [0, 0.05) is 18.6 Å². The van der Waals surface area contributed by atoms with E-state index in [1.165, 1.54) is 7.11 Å². The molecule has 0 radical (unpaired) electrons. The quantitative estimate of drug-likeness (QED) is 0.432. The van der Waals surface area contributed by atoms with Crippen LogP contribution in [0.4, 0.5) is 0 Å². The fraction of sp³-hybridized carbons (Fsp3) is 0.824. The fourth-order valence-corrected chi connectivity index (χ4v) is 4.02. The van der Waals surface area contributed by atoms with Crippen molar-refractivity contribution in [1.82, 2.24) is 0 Å². The van der Waals surface area contributed by atoms with Gasteiger partial charge in [0.15, 0.2) is 25.2 Å². The number of carbonyl (C=O) groups excluding carboxylic acids is 1. The Balaban J connectivity index is 1.82. The number of aliphatic hydroxyl groups is 4. The van der Waals surface area contributed by atoms with Crippen molar-refractivity contribution in [2.45, 2.75) is 63.1 Å². The van der Waals surface area contributed by atoms with Gasteiger partial charge in [0.2, 0.25) is 0 Å². The van der Waals surface area contributed by atoms with Crippen LogP contribution in [0.25, 0.3) is 0 Å². The molecule has 3 rings (SSSR count). The first-order valence-electron chi connectivity index (χ1n) is 8.75. The molecule has 2 heterocycles. The predicted molar refractivity (Wildman–Crippen MR) is 85.5 cm³/mol. The van der Waals surface area contributed by atoms with Crippen molar-refractivity contribution in [3.05, 3.63) is 11.1 Å². The molecule has 4 N–H and O–H groups in total. The molecule has 148 valence electrons. The molecule has 9 atom stereocenters. The van der Waals surface area contributed by atoms with Crippen LogP contribution in [0.5, 0.6) is 0 Å². The zero-order chi connectivity index (χ0) is 19.0. The molecule has 9 heteroatoms. The van der Waals surface area contributed by atoms with Crippen molar-refractivity contribution in [3.63, 3.8) is 0 Å². The number of aldehydes is 1. The zero-order valence-corrected chi connectivity index (χ0v) is 14.7. The highest BCUT2D eigenvalue weighted by atomic mass is 16.8. The second-order valence-corrected chi connectivity index (χ2v) is 7.05. The maximum Gasteiger partial charge on any atom is 0.189 e. The minimum absolute atomic E-state index is 0.174. The first kappa shape index (κ1) is 19.8. The zero-order valence-electron chi connectivity index (χ0n) is 14.7. The summed E-state index contributed by atoms with van der Waals surface area (Å²) in [6.45, 7) is 1.47. The molecule has 1 saturated carbocycles. The number of hydrogen-bond donors (Lipinski definition) is 4. The number of fused-ring (bicyclic) bond motifs is 1. The highest BCUT2D eigenvalue weighted by molar-refractivity contribution is 5.76. The Hall–Kier alpha value is -0.910. The second-order valence-electron chi connectivity index (χ2n) is 7.05. The normalized spacial score (nSPS) is 46.3. The lowest BCUT2D eigenvalue weighted by molar-refractivity contribution is -0.359. The summed E-state index contributed by atoms with van der Waals surface area (Å²) >= 11 is 0. The van der Waals surface area contributed by atoms with Crippen molar-refractivity contribution in [3.8, 4) is 0 Å². The summed E-state index contributed by atoms with van der Waals surface area (Å²) in [5.41, 5.74) is 1.36. The molecule has 0 amide bonds. The molecule has 1 saturated heterocycles. The van der Waals surface area contributed by atoms with Gasteiger partial charge in [0.25, 0.3) is 0 Å². The summed E-state index contributed by atoms with van der Waals surface area (Å²) in [7, 11) is 1.42. The SMILES string of the molecule is COC1OC(OC2OC(CO)C(O)C(O)C2O)C2C(=C1C=O)CCC2C. The van der Waals surface area contributed by atoms with Crippen molar-refractivity contribution >= 4 is 6.29 Å². The third-order valence-corrected chi connectivity index (χ3v) is 5.52. The molecule has 0 aromatic rings. The van der Waals surface area contributed by atoms with E-state index < -0.39 is 49.9 Å². The van der Waals surface area contributed by atoms with Gasteiger partial charge in [-0.15, -0.1) is 0 Å². The maximum atomic E-state index is 11.5. The molecular weight excluding hydrogens is 348 g/mol. The maximum absolute atomic E-state index is 11.5. The number of carbonyl (C=O) groups is 1. The standard InChI is InChI=1S/C17H26O9/c1-7-3-4-8-9(5-18)15(23-2)25-16(11(7)8)26-17-14(22)13(21)12(20)10(6-19)24-17/h5,7,10-17,19-22H,3-4,6H2,1-2H3. The van der Waals surface area contributed by atoms with E-state index >= 15 is 0 Å². The fourth-order valence-electron chi connectivity index (χ4n) is 4.02. The van der Waals surface area contributed by atoms with E-state index in [4.69, 9.17) is 18.9 Å². The van der Waals surface area contributed by atoms with Gasteiger partial charge in [0.1, 0.15) is 24.4 Å². The van der Waals surface area contributed by atoms with Gasteiger partial charge in [-0.1, -0.05) is 12.5 Å². The van der Waals surface area contributed by atoms with Crippen LogP contribution in [0.2, 0.25) is 0 Å². The lowest BCUT2D eigenvalue weighted by Gasteiger charge is -2.43. The first-order chi connectivity index (χ1) is 12.4. The molecule has 9 unspecified atom stereocenters. The molecule has 0 bridgehead atoms. The van der Waals surface area contributed by atoms with Crippen LogP contribution < -0.4 is 0 Å². The topological polar surface area (TPSA) is 135 Å². The second kappa shape index (κ2) is 7.99. The average molecular weight is 374 g/mol. The van der Waals surface area contributed by atoms with Gasteiger partial charge in [-0.25, -0.2) is 0 Å². The third-order valence-electron chi connectivity index (χ3n) is 5.52. The largest absolute Gasteiger partial charge is 0.394 e. The van der Waals surface area contributed by atoms with E-state index in [0.29, 0.717) is 5.57 Å². The van der Waals surface area contributed by atoms with E-state index in [9.17, 15) is 25.2 Å². The Morgan fingerprint density at radius 1 is 1.15 bits per heavy atom. The Bertz CT molecular complexity index is 548. The Kier molecular flexibility index (Phi) is 6.10. The van der Waals surface area contributed by atoms with Crippen LogP contribution in [0.15, 0.2) is 11.1 Å². The van der Waals surface area contributed by atoms with Crippen molar-refractivity contribution < 1.29 is 44.2 Å². The van der Waals surface area contributed by atoms with E-state index in [2.05, 4.69) is 0 Å². The average Bonchev–Trinajstić information content (AvgIpc) is 3.03. The number of ether oxygens (including phenoxy) is 4. The summed E-state index contributed by atoms with van der Waals surface area (Å²) in [5.74, 6) is -0.0402. The van der Waals surface area contributed by atoms with Crippen LogP contribution in [-0.4, -0.2) is 83.7 Å². The Labute approximate surface area is 151 Å². The number of aliphatic hydroxyl groups excluding tert-OH is 4. The molecule has 2 fully saturated rings. The molecule has 26 heavy (non-hydrogen) atoms. The summed E-state index contributed by atoms with van der Waals surface area (Å²) in [5, 5.41) is 39.3. The van der Waals surface area contributed by atoms with Crippen LogP contribution in [0.3, 0.4) is 0 Å². The minimum Gasteiger partial charge on any atom is -0.394 e. The molecule has 2 aliphatic heterocycles. The molecule has 0 aromatic carbocycles. The molecule has 9 nitrogen and oxygen atoms in total. The van der Waals surface area contributed by atoms with E-state index in [1.54, 1.807) is 0 Å². The van der Waals surface area contributed by atoms with Gasteiger partial charge < -0.3 is 39.4 Å². The van der Waals surface area contributed by atoms with Crippen LogP contribution in [0, 0.1) is 11.8 Å². The van der Waals surface area contributed by atoms with Gasteiger partial charge in [-0.05, 0) is 18.8 Å². The lowest BCUT2D eigenvalue weighted by atomic mass is 9.89. The molecule has 3 aliphatic rings. The molecule has 0 aromatic heterocycles. The smallest absolute Gasteiger partial charge is 0.189 e. The van der Waals surface area contributed by atoms with Gasteiger partial charge in [-0.2, -0.15) is 0 Å². The summed E-state index contributed by atoms with van der Waals surface area (Å²) < 4.78 is 22.2. The van der Waals surface area contributed by atoms with E-state index in [1.807, 2.05) is 6.92 Å². The highest BCUT2D eigenvalue weighted by Crippen LogP contribution is 2.46. The number of hydrogen-bond acceptors (Lipinski definition) is 9. The first-order valence-corrected chi connectivity index (χ1v) is 8.75. The predicted octanol–water partition coefficient (Wildman–Crippen LogP) is -1.33. The third kappa shape index (κ3) is 3.34. The summed E-state index contributed by atoms with van der Waals surface area (Å²) in [6, 6.07) is 0.